The molecular weight excluding hydrogens is 579 g/mol. The number of hydrogen-bond donors (Lipinski definition) is 2. The van der Waals surface area contributed by atoms with Crippen molar-refractivity contribution in [2.24, 2.45) is 0 Å². The number of halogens is 2. The smallest absolute Gasteiger partial charge is 0.226 e. The van der Waals surface area contributed by atoms with Gasteiger partial charge in [-0.1, -0.05) is 47.5 Å². The van der Waals surface area contributed by atoms with E-state index < -0.39 is 0 Å². The molecule has 0 radical (unpaired) electrons. The summed E-state index contributed by atoms with van der Waals surface area (Å²) in [6.07, 6.45) is 3.55. The van der Waals surface area contributed by atoms with Crippen LogP contribution in [0.15, 0.2) is 79.3 Å². The highest BCUT2D eigenvalue weighted by Gasteiger charge is 2.15. The molecule has 0 atom stereocenters. The third-order valence-electron chi connectivity index (χ3n) is 6.30. The molecule has 0 unspecified atom stereocenters. The molecule has 8 nitrogen and oxygen atoms in total. The van der Waals surface area contributed by atoms with E-state index in [0.29, 0.717) is 46.9 Å². The van der Waals surface area contributed by atoms with Crippen molar-refractivity contribution in [3.63, 3.8) is 0 Å². The Hall–Kier alpha value is -4.10. The fourth-order valence-electron chi connectivity index (χ4n) is 4.08. The summed E-state index contributed by atoms with van der Waals surface area (Å²) in [5.74, 6) is 0.603. The molecule has 0 fully saturated rings. The topological polar surface area (TPSA) is 95.2 Å². The Morgan fingerprint density at radius 2 is 1.88 bits per heavy atom. The predicted molar refractivity (Wildman–Crippen MR) is 165 cm³/mol. The fourth-order valence-corrected chi connectivity index (χ4v) is 4.74. The summed E-state index contributed by atoms with van der Waals surface area (Å²) in [6.45, 7) is 1.73. The molecule has 2 N–H and O–H groups in total. The van der Waals surface area contributed by atoms with Gasteiger partial charge in [0.05, 0.1) is 41.5 Å². The van der Waals surface area contributed by atoms with E-state index in [1.807, 2.05) is 58.0 Å². The number of ether oxygens (including phenoxy) is 1. The number of aromatic nitrogens is 2. The van der Waals surface area contributed by atoms with E-state index in [1.165, 1.54) is 0 Å². The van der Waals surface area contributed by atoms with Crippen molar-refractivity contribution < 1.29 is 9.53 Å². The van der Waals surface area contributed by atoms with Crippen LogP contribution < -0.4 is 15.4 Å². The molecule has 41 heavy (non-hydrogen) atoms. The molecule has 0 aliphatic heterocycles. The normalized spacial score (nSPS) is 10.5. The lowest BCUT2D eigenvalue weighted by atomic mass is 10.1. The number of benzene rings is 3. The van der Waals surface area contributed by atoms with Crippen LogP contribution in [0.1, 0.15) is 22.4 Å². The van der Waals surface area contributed by atoms with Crippen molar-refractivity contribution in [2.75, 3.05) is 25.5 Å². The van der Waals surface area contributed by atoms with E-state index in [1.54, 1.807) is 37.8 Å². The number of amides is 1. The summed E-state index contributed by atoms with van der Waals surface area (Å²) in [5, 5.41) is 16.6. The van der Waals surface area contributed by atoms with Gasteiger partial charge in [0.15, 0.2) is 5.11 Å². The van der Waals surface area contributed by atoms with E-state index in [-0.39, 0.29) is 12.3 Å². The number of carbonyl (C=O) groups is 1. The van der Waals surface area contributed by atoms with Crippen LogP contribution >= 0.6 is 35.4 Å². The van der Waals surface area contributed by atoms with Gasteiger partial charge < -0.3 is 24.8 Å². The molecule has 3 aromatic carbocycles. The maximum Gasteiger partial charge on any atom is 0.226 e. The quantitative estimate of drug-likeness (QED) is 0.212. The van der Waals surface area contributed by atoms with E-state index in [0.717, 1.165) is 28.3 Å². The molecular formula is C30H28Cl2N6O2S. The van der Waals surface area contributed by atoms with E-state index in [9.17, 15) is 4.79 Å². The first kappa shape index (κ1) is 29.9. The van der Waals surface area contributed by atoms with E-state index in [2.05, 4.69) is 21.7 Å². The lowest BCUT2D eigenvalue weighted by molar-refractivity contribution is -0.120. The number of carbonyl (C=O) groups excluding carboxylic acids is 1. The Kier molecular flexibility index (Phi) is 10.6. The number of nitrogens with zero attached hydrogens (tertiary/aromatic N) is 4. The van der Waals surface area contributed by atoms with Crippen molar-refractivity contribution in [3.8, 4) is 11.8 Å². The van der Waals surface area contributed by atoms with Crippen LogP contribution in [-0.2, 0) is 24.3 Å². The maximum atomic E-state index is 12.9. The summed E-state index contributed by atoms with van der Waals surface area (Å²) in [5.41, 5.74) is 4.01. The molecule has 0 saturated heterocycles. The van der Waals surface area contributed by atoms with Gasteiger partial charge in [-0.3, -0.25) is 4.79 Å². The van der Waals surface area contributed by atoms with Crippen LogP contribution in [-0.4, -0.2) is 45.7 Å². The number of rotatable bonds is 11. The van der Waals surface area contributed by atoms with E-state index >= 15 is 0 Å². The van der Waals surface area contributed by atoms with Crippen LogP contribution in [0, 0.1) is 11.3 Å². The van der Waals surface area contributed by atoms with Gasteiger partial charge in [0.25, 0.3) is 0 Å². The highest BCUT2D eigenvalue weighted by molar-refractivity contribution is 7.80. The molecule has 0 spiro atoms. The average Bonchev–Trinajstić information content (AvgIpc) is 3.41. The van der Waals surface area contributed by atoms with Crippen LogP contribution in [0.5, 0.6) is 5.75 Å². The van der Waals surface area contributed by atoms with Crippen LogP contribution in [0.4, 0.5) is 5.69 Å². The lowest BCUT2D eigenvalue weighted by Gasteiger charge is -2.27. The van der Waals surface area contributed by atoms with Crippen LogP contribution in [0.25, 0.3) is 0 Å². The van der Waals surface area contributed by atoms with Crippen LogP contribution in [0.3, 0.4) is 0 Å². The predicted octanol–water partition coefficient (Wildman–Crippen LogP) is 5.68. The zero-order chi connectivity index (χ0) is 29.2. The minimum absolute atomic E-state index is 0.138. The van der Waals surface area contributed by atoms with Crippen molar-refractivity contribution >= 4 is 52.1 Å². The SMILES string of the molecule is COc1ccc(NC(=S)N(CCNC(=O)Cc2cncn2Cc2ccc(C#N)cc2)Cc2cccc(Cl)c2Cl)cc1. The Morgan fingerprint density at radius 1 is 1.12 bits per heavy atom. The third kappa shape index (κ3) is 8.44. The zero-order valence-corrected chi connectivity index (χ0v) is 24.6. The first-order chi connectivity index (χ1) is 19.9. The molecule has 0 saturated carbocycles. The average molecular weight is 608 g/mol. The lowest BCUT2D eigenvalue weighted by Crippen LogP contribution is -2.40. The minimum atomic E-state index is -0.138. The molecule has 4 aromatic rings. The molecule has 0 aliphatic carbocycles. The second-order valence-electron chi connectivity index (χ2n) is 9.14. The van der Waals surface area contributed by atoms with Gasteiger partial charge in [-0.15, -0.1) is 0 Å². The van der Waals surface area contributed by atoms with Crippen molar-refractivity contribution in [1.82, 2.24) is 19.8 Å². The minimum Gasteiger partial charge on any atom is -0.497 e. The van der Waals surface area contributed by atoms with Gasteiger partial charge in [0.2, 0.25) is 5.91 Å². The summed E-state index contributed by atoms with van der Waals surface area (Å²) >= 11 is 18.4. The Bertz CT molecular complexity index is 1530. The zero-order valence-electron chi connectivity index (χ0n) is 22.3. The van der Waals surface area contributed by atoms with Gasteiger partial charge in [-0.2, -0.15) is 5.26 Å². The maximum absolute atomic E-state index is 12.9. The van der Waals surface area contributed by atoms with Crippen molar-refractivity contribution in [3.05, 3.63) is 112 Å². The number of methoxy groups -OCH3 is 1. The van der Waals surface area contributed by atoms with Gasteiger partial charge >= 0.3 is 0 Å². The molecule has 210 valence electrons. The second kappa shape index (κ2) is 14.5. The van der Waals surface area contributed by atoms with Crippen LogP contribution in [0.2, 0.25) is 10.0 Å². The van der Waals surface area contributed by atoms with Gasteiger partial charge in [-0.25, -0.2) is 4.98 Å². The van der Waals surface area contributed by atoms with Crippen molar-refractivity contribution in [2.45, 2.75) is 19.5 Å². The Labute approximate surface area is 254 Å². The van der Waals surface area contributed by atoms with Crippen molar-refractivity contribution in [1.29, 1.82) is 5.26 Å². The molecule has 1 aromatic heterocycles. The number of nitriles is 1. The molecule has 1 amide bonds. The van der Waals surface area contributed by atoms with E-state index in [4.69, 9.17) is 45.4 Å². The fraction of sp³-hybridized carbons (Fsp3) is 0.200. The molecule has 4 rings (SSSR count). The largest absolute Gasteiger partial charge is 0.497 e. The molecule has 0 aliphatic rings. The van der Waals surface area contributed by atoms with Gasteiger partial charge in [0.1, 0.15) is 5.75 Å². The molecule has 1 heterocycles. The first-order valence-electron chi connectivity index (χ1n) is 12.7. The standard InChI is InChI=1S/C30H28Cl2N6O2S/c1-40-26-11-9-24(10-12-26)36-30(41)37(19-23-3-2-4-27(31)29(23)32)14-13-35-28(39)15-25-17-34-20-38(25)18-22-7-5-21(16-33)6-8-22/h2-12,17,20H,13-15,18-19H2,1H3,(H,35,39)(H,36,41). The monoisotopic (exact) mass is 606 g/mol. The molecule has 0 bridgehead atoms. The van der Waals surface area contributed by atoms with Gasteiger partial charge in [0, 0.05) is 43.8 Å². The number of thiocarbonyl (C=S) groups is 1. The highest BCUT2D eigenvalue weighted by atomic mass is 35.5. The second-order valence-corrected chi connectivity index (χ2v) is 10.3. The van der Waals surface area contributed by atoms with Gasteiger partial charge in [-0.05, 0) is 65.8 Å². The number of anilines is 1. The highest BCUT2D eigenvalue weighted by Crippen LogP contribution is 2.27. The molecule has 11 heteroatoms. The number of hydrogen-bond acceptors (Lipinski definition) is 5. The summed E-state index contributed by atoms with van der Waals surface area (Å²) < 4.78 is 7.15. The first-order valence-corrected chi connectivity index (χ1v) is 13.9. The number of nitrogens with one attached hydrogen (secondary N) is 2. The Morgan fingerprint density at radius 3 is 2.59 bits per heavy atom. The Balaban J connectivity index is 1.37. The summed E-state index contributed by atoms with van der Waals surface area (Å²) in [7, 11) is 1.61. The number of imidazole rings is 1. The summed E-state index contributed by atoms with van der Waals surface area (Å²) in [4.78, 5) is 19.0. The third-order valence-corrected chi connectivity index (χ3v) is 7.52. The summed E-state index contributed by atoms with van der Waals surface area (Å²) in [6, 6.07) is 22.3.